The van der Waals surface area contributed by atoms with E-state index in [0.717, 1.165) is 18.0 Å². The van der Waals surface area contributed by atoms with Crippen molar-refractivity contribution in [1.29, 1.82) is 0 Å². The van der Waals surface area contributed by atoms with Crippen LogP contribution in [0.1, 0.15) is 46.0 Å². The largest absolute Gasteiger partial charge is 0.373 e. The van der Waals surface area contributed by atoms with Gasteiger partial charge in [0.2, 0.25) is 0 Å². The van der Waals surface area contributed by atoms with Crippen molar-refractivity contribution in [2.75, 3.05) is 19.6 Å². The zero-order valence-corrected chi connectivity index (χ0v) is 11.9. The lowest BCUT2D eigenvalue weighted by Gasteiger charge is -2.38. The van der Waals surface area contributed by atoms with Crippen LogP contribution in [0, 0.1) is 5.92 Å². The van der Waals surface area contributed by atoms with Crippen LogP contribution in [0.2, 0.25) is 0 Å². The molecule has 3 aliphatic heterocycles. The van der Waals surface area contributed by atoms with E-state index in [1.165, 1.54) is 51.7 Å². The Hall–Kier alpha value is -0.120. The molecule has 3 nitrogen and oxygen atoms in total. The zero-order chi connectivity index (χ0) is 12.5. The van der Waals surface area contributed by atoms with Crippen LogP contribution in [0.5, 0.6) is 0 Å². The number of hydrogen-bond donors (Lipinski definition) is 1. The number of ether oxygens (including phenoxy) is 1. The van der Waals surface area contributed by atoms with Gasteiger partial charge in [0.15, 0.2) is 0 Å². The fraction of sp³-hybridized carbons (Fsp3) is 1.00. The van der Waals surface area contributed by atoms with Crippen LogP contribution < -0.4 is 5.32 Å². The number of fused-ring (bicyclic) bond motifs is 2. The molecule has 104 valence electrons. The average Bonchev–Trinajstić information content (AvgIpc) is 2.96. The van der Waals surface area contributed by atoms with E-state index in [2.05, 4.69) is 24.1 Å². The third kappa shape index (κ3) is 2.59. The van der Waals surface area contributed by atoms with Crippen molar-refractivity contribution in [2.24, 2.45) is 5.92 Å². The fourth-order valence-corrected chi connectivity index (χ4v) is 3.99. The first-order chi connectivity index (χ1) is 8.76. The first-order valence-electron chi connectivity index (χ1n) is 7.89. The Morgan fingerprint density at radius 1 is 1.28 bits per heavy atom. The van der Waals surface area contributed by atoms with Crippen molar-refractivity contribution in [3.8, 4) is 0 Å². The standard InChI is InChI=1S/C15H28N2O/c1-3-12-6-7-17(10-11(2)9-16-12)14-8-13-4-5-15(14)18-13/h11-16H,3-10H2,1-2H3. The van der Waals surface area contributed by atoms with E-state index in [4.69, 9.17) is 4.74 Å². The fourth-order valence-electron chi connectivity index (χ4n) is 3.99. The third-order valence-corrected chi connectivity index (χ3v) is 5.10. The predicted octanol–water partition coefficient (Wildman–Crippen LogP) is 2.02. The lowest BCUT2D eigenvalue weighted by molar-refractivity contribution is 0.0594. The first kappa shape index (κ1) is 12.9. The summed E-state index contributed by atoms with van der Waals surface area (Å²) in [6.07, 6.45) is 7.60. The van der Waals surface area contributed by atoms with E-state index in [-0.39, 0.29) is 0 Å². The second kappa shape index (κ2) is 5.48. The Kier molecular flexibility index (Phi) is 3.92. The van der Waals surface area contributed by atoms with Crippen LogP contribution in [0.3, 0.4) is 0 Å². The predicted molar refractivity (Wildman–Crippen MR) is 73.7 cm³/mol. The average molecular weight is 252 g/mol. The van der Waals surface area contributed by atoms with Crippen molar-refractivity contribution >= 4 is 0 Å². The lowest BCUT2D eigenvalue weighted by Crippen LogP contribution is -2.49. The number of hydrogen-bond acceptors (Lipinski definition) is 3. The normalized spacial score (nSPS) is 46.0. The Labute approximate surface area is 111 Å². The molecular weight excluding hydrogens is 224 g/mol. The molecule has 3 aliphatic rings. The van der Waals surface area contributed by atoms with Crippen LogP contribution >= 0.6 is 0 Å². The van der Waals surface area contributed by atoms with E-state index >= 15 is 0 Å². The molecule has 5 unspecified atom stereocenters. The Balaban J connectivity index is 1.63. The van der Waals surface area contributed by atoms with E-state index in [1.807, 2.05) is 0 Å². The summed E-state index contributed by atoms with van der Waals surface area (Å²) in [5.74, 6) is 0.762. The quantitative estimate of drug-likeness (QED) is 0.814. The molecule has 0 aromatic rings. The Morgan fingerprint density at radius 3 is 2.83 bits per heavy atom. The van der Waals surface area contributed by atoms with Crippen LogP contribution in [0.15, 0.2) is 0 Å². The minimum atomic E-state index is 0.551. The van der Waals surface area contributed by atoms with Crippen LogP contribution in [0.4, 0.5) is 0 Å². The molecule has 3 rings (SSSR count). The molecule has 3 heterocycles. The van der Waals surface area contributed by atoms with Crippen molar-refractivity contribution in [3.63, 3.8) is 0 Å². The monoisotopic (exact) mass is 252 g/mol. The minimum Gasteiger partial charge on any atom is -0.373 e. The highest BCUT2D eigenvalue weighted by atomic mass is 16.5. The topological polar surface area (TPSA) is 24.5 Å². The van der Waals surface area contributed by atoms with Gasteiger partial charge in [0.05, 0.1) is 12.2 Å². The molecule has 0 spiro atoms. The van der Waals surface area contributed by atoms with Gasteiger partial charge in [-0.25, -0.2) is 0 Å². The molecule has 0 radical (unpaired) electrons. The number of nitrogens with zero attached hydrogens (tertiary/aromatic N) is 1. The summed E-state index contributed by atoms with van der Waals surface area (Å²) < 4.78 is 6.04. The SMILES string of the molecule is CCC1CCN(C2CC3CCC2O3)CC(C)CN1. The zero-order valence-electron chi connectivity index (χ0n) is 11.9. The van der Waals surface area contributed by atoms with Gasteiger partial charge >= 0.3 is 0 Å². The summed E-state index contributed by atoms with van der Waals surface area (Å²) in [4.78, 5) is 2.75. The number of rotatable bonds is 2. The van der Waals surface area contributed by atoms with Gasteiger partial charge in [-0.15, -0.1) is 0 Å². The Bertz CT molecular complexity index is 284. The highest BCUT2D eigenvalue weighted by Gasteiger charge is 2.43. The highest BCUT2D eigenvalue weighted by Crippen LogP contribution is 2.37. The maximum Gasteiger partial charge on any atom is 0.0735 e. The maximum atomic E-state index is 6.04. The van der Waals surface area contributed by atoms with E-state index in [9.17, 15) is 0 Å². The van der Waals surface area contributed by atoms with Crippen molar-refractivity contribution in [2.45, 2.75) is 70.2 Å². The summed E-state index contributed by atoms with van der Waals surface area (Å²) in [7, 11) is 0. The molecule has 0 aromatic carbocycles. The summed E-state index contributed by atoms with van der Waals surface area (Å²) in [5, 5.41) is 3.71. The molecular formula is C15H28N2O. The molecule has 0 aromatic heterocycles. The maximum absolute atomic E-state index is 6.04. The smallest absolute Gasteiger partial charge is 0.0735 e. The molecule has 0 amide bonds. The molecule has 1 N–H and O–H groups in total. The van der Waals surface area contributed by atoms with E-state index < -0.39 is 0 Å². The first-order valence-corrected chi connectivity index (χ1v) is 7.89. The second-order valence-electron chi connectivity index (χ2n) is 6.58. The van der Waals surface area contributed by atoms with Crippen molar-refractivity contribution in [3.05, 3.63) is 0 Å². The summed E-state index contributed by atoms with van der Waals surface area (Å²) in [6, 6.07) is 1.44. The van der Waals surface area contributed by atoms with Gasteiger partial charge in [-0.1, -0.05) is 13.8 Å². The summed E-state index contributed by atoms with van der Waals surface area (Å²) in [5.41, 5.74) is 0. The van der Waals surface area contributed by atoms with E-state index in [1.54, 1.807) is 0 Å². The summed E-state index contributed by atoms with van der Waals surface area (Å²) >= 11 is 0. The molecule has 3 heteroatoms. The molecule has 2 bridgehead atoms. The highest BCUT2D eigenvalue weighted by molar-refractivity contribution is 4.96. The Morgan fingerprint density at radius 2 is 2.17 bits per heavy atom. The van der Waals surface area contributed by atoms with Gasteiger partial charge in [0.1, 0.15) is 0 Å². The van der Waals surface area contributed by atoms with Crippen LogP contribution in [-0.4, -0.2) is 48.8 Å². The van der Waals surface area contributed by atoms with Crippen LogP contribution in [0.25, 0.3) is 0 Å². The van der Waals surface area contributed by atoms with Crippen molar-refractivity contribution < 1.29 is 4.74 Å². The van der Waals surface area contributed by atoms with Crippen LogP contribution in [-0.2, 0) is 4.74 Å². The minimum absolute atomic E-state index is 0.551. The molecule has 0 aliphatic carbocycles. The van der Waals surface area contributed by atoms with Gasteiger partial charge in [-0.05, 0) is 44.6 Å². The molecule has 18 heavy (non-hydrogen) atoms. The lowest BCUT2D eigenvalue weighted by atomic mass is 9.92. The molecule has 3 fully saturated rings. The number of nitrogens with one attached hydrogen (secondary N) is 1. The molecule has 0 saturated carbocycles. The van der Waals surface area contributed by atoms with Gasteiger partial charge in [-0.2, -0.15) is 0 Å². The summed E-state index contributed by atoms with van der Waals surface area (Å²) in [6.45, 7) is 8.37. The van der Waals surface area contributed by atoms with Gasteiger partial charge in [0, 0.05) is 25.2 Å². The van der Waals surface area contributed by atoms with Gasteiger partial charge in [0.25, 0.3) is 0 Å². The van der Waals surface area contributed by atoms with E-state index in [0.29, 0.717) is 12.2 Å². The molecule has 3 saturated heterocycles. The third-order valence-electron chi connectivity index (χ3n) is 5.10. The van der Waals surface area contributed by atoms with Gasteiger partial charge < -0.3 is 10.1 Å². The van der Waals surface area contributed by atoms with Gasteiger partial charge in [-0.3, -0.25) is 4.90 Å². The molecule has 5 atom stereocenters. The van der Waals surface area contributed by atoms with Crippen molar-refractivity contribution in [1.82, 2.24) is 10.2 Å². The second-order valence-corrected chi connectivity index (χ2v) is 6.58.